The highest BCUT2D eigenvalue weighted by atomic mass is 16.6. The Morgan fingerprint density at radius 1 is 1.33 bits per heavy atom. The van der Waals surface area contributed by atoms with Crippen LogP contribution in [0.2, 0.25) is 0 Å². The second-order valence-corrected chi connectivity index (χ2v) is 6.73. The highest BCUT2D eigenvalue weighted by Crippen LogP contribution is 2.35. The van der Waals surface area contributed by atoms with E-state index < -0.39 is 17.5 Å². The zero-order valence-corrected chi connectivity index (χ0v) is 16.1. The third-order valence-electron chi connectivity index (χ3n) is 4.77. The third-order valence-corrected chi connectivity index (χ3v) is 4.77. The van der Waals surface area contributed by atoms with Crippen LogP contribution in [0.4, 0.5) is 0 Å². The molecule has 0 saturated heterocycles. The van der Waals surface area contributed by atoms with Gasteiger partial charge in [-0.25, -0.2) is 14.6 Å². The number of allylic oxidation sites excluding steroid dienone is 5. The van der Waals surface area contributed by atoms with Crippen molar-refractivity contribution in [3.05, 3.63) is 55.2 Å². The average Bonchev–Trinajstić information content (AvgIpc) is 3.34. The van der Waals surface area contributed by atoms with Gasteiger partial charge in [0.1, 0.15) is 5.69 Å². The number of hydrogen-bond acceptors (Lipinski definition) is 5. The lowest BCUT2D eigenvalue weighted by Gasteiger charge is -2.26. The van der Waals surface area contributed by atoms with Crippen molar-refractivity contribution in [2.24, 2.45) is 0 Å². The number of hydrogen-bond donors (Lipinski definition) is 0. The average molecular weight is 372 g/mol. The van der Waals surface area contributed by atoms with E-state index in [1.165, 1.54) is 13.3 Å². The molecule has 1 aromatic rings. The summed E-state index contributed by atoms with van der Waals surface area (Å²) in [6.07, 6.45) is 17.1. The highest BCUT2D eigenvalue weighted by Gasteiger charge is 2.46. The van der Waals surface area contributed by atoms with Gasteiger partial charge in [0.2, 0.25) is 5.60 Å². The number of esters is 2. The second kappa shape index (κ2) is 9.90. The summed E-state index contributed by atoms with van der Waals surface area (Å²) < 4.78 is 12.3. The number of carbonyl (C=O) groups is 2. The molecule has 1 atom stereocenters. The molecular formula is C21H28N2O4. The number of methoxy groups -OCH3 is 1. The molecule has 27 heavy (non-hydrogen) atoms. The predicted molar refractivity (Wildman–Crippen MR) is 103 cm³/mol. The number of ether oxygens (including phenoxy) is 2. The van der Waals surface area contributed by atoms with E-state index in [-0.39, 0.29) is 6.04 Å². The summed E-state index contributed by atoms with van der Waals surface area (Å²) in [5, 5.41) is 0. The highest BCUT2D eigenvalue weighted by molar-refractivity contribution is 5.91. The summed E-state index contributed by atoms with van der Waals surface area (Å²) in [6.45, 7) is 5.67. The van der Waals surface area contributed by atoms with E-state index in [9.17, 15) is 9.59 Å². The molecule has 0 unspecified atom stereocenters. The molecule has 0 aliphatic heterocycles. The van der Waals surface area contributed by atoms with Crippen LogP contribution >= 0.6 is 0 Å². The molecule has 0 N–H and O–H groups in total. The largest absolute Gasteiger partial charge is 0.466 e. The Morgan fingerprint density at radius 3 is 2.70 bits per heavy atom. The standard InChI is InChI=1S/C21H28N2O4/c1-4-5-6-7-8-9-12-17(2)23-16-22-15-18(23)19(24)27-21(20(25)26-3)13-10-11-14-21/h4,6-9,15-17H,1,5,10-14H2,2-3H3/b7-6-,9-8-/t17-/m1/s1. The molecule has 0 amide bonds. The molecular weight excluding hydrogens is 344 g/mol. The van der Waals surface area contributed by atoms with Gasteiger partial charge in [0, 0.05) is 6.04 Å². The summed E-state index contributed by atoms with van der Waals surface area (Å²) in [4.78, 5) is 29.0. The monoisotopic (exact) mass is 372 g/mol. The topological polar surface area (TPSA) is 70.4 Å². The van der Waals surface area contributed by atoms with Gasteiger partial charge in [0.05, 0.1) is 19.6 Å². The number of rotatable bonds is 9. The van der Waals surface area contributed by atoms with E-state index in [4.69, 9.17) is 9.47 Å². The molecule has 0 radical (unpaired) electrons. The molecule has 1 saturated carbocycles. The lowest BCUT2D eigenvalue weighted by Crippen LogP contribution is -2.42. The molecule has 1 aliphatic carbocycles. The summed E-state index contributed by atoms with van der Waals surface area (Å²) in [5.41, 5.74) is -0.826. The first-order valence-corrected chi connectivity index (χ1v) is 9.30. The lowest BCUT2D eigenvalue weighted by molar-refractivity contribution is -0.162. The van der Waals surface area contributed by atoms with Crippen LogP contribution in [0.3, 0.4) is 0 Å². The molecule has 1 aliphatic rings. The summed E-state index contributed by atoms with van der Waals surface area (Å²) >= 11 is 0. The first-order valence-electron chi connectivity index (χ1n) is 9.30. The van der Waals surface area contributed by atoms with E-state index in [1.54, 1.807) is 10.9 Å². The zero-order valence-electron chi connectivity index (χ0n) is 16.1. The lowest BCUT2D eigenvalue weighted by atomic mass is 10.0. The smallest absolute Gasteiger partial charge is 0.357 e. The molecule has 146 valence electrons. The van der Waals surface area contributed by atoms with Gasteiger partial charge >= 0.3 is 11.9 Å². The summed E-state index contributed by atoms with van der Waals surface area (Å²) in [7, 11) is 1.32. The molecule has 0 spiro atoms. The Hall–Kier alpha value is -2.63. The first kappa shape index (κ1) is 20.7. The fourth-order valence-electron chi connectivity index (χ4n) is 3.24. The van der Waals surface area contributed by atoms with Gasteiger partial charge in [-0.1, -0.05) is 30.4 Å². The molecule has 6 nitrogen and oxygen atoms in total. The van der Waals surface area contributed by atoms with Crippen molar-refractivity contribution in [1.29, 1.82) is 0 Å². The van der Waals surface area contributed by atoms with E-state index in [0.717, 1.165) is 25.7 Å². The van der Waals surface area contributed by atoms with Gasteiger partial charge < -0.3 is 14.0 Å². The SMILES string of the molecule is C=CC/C=C\C=C/C[C@@H](C)n1cncc1C(=O)OC1(C(=O)OC)CCCC1. The van der Waals surface area contributed by atoms with Crippen LogP contribution in [0.5, 0.6) is 0 Å². The Kier molecular flexibility index (Phi) is 7.58. The van der Waals surface area contributed by atoms with Crippen LogP contribution < -0.4 is 0 Å². The Labute approximate surface area is 160 Å². The molecule has 1 aromatic heterocycles. The minimum absolute atomic E-state index is 0.0248. The van der Waals surface area contributed by atoms with Crippen molar-refractivity contribution in [2.45, 2.75) is 57.1 Å². The van der Waals surface area contributed by atoms with E-state index in [1.807, 2.05) is 37.3 Å². The van der Waals surface area contributed by atoms with Crippen LogP contribution in [0, 0.1) is 0 Å². The van der Waals surface area contributed by atoms with Crippen LogP contribution in [-0.4, -0.2) is 34.2 Å². The molecule has 0 bridgehead atoms. The molecule has 0 aromatic carbocycles. The first-order chi connectivity index (χ1) is 13.0. The molecule has 1 heterocycles. The minimum Gasteiger partial charge on any atom is -0.466 e. The quantitative estimate of drug-likeness (QED) is 0.370. The Morgan fingerprint density at radius 2 is 2.04 bits per heavy atom. The fraction of sp³-hybridized carbons (Fsp3) is 0.476. The fourth-order valence-corrected chi connectivity index (χ4v) is 3.24. The van der Waals surface area contributed by atoms with Crippen LogP contribution in [0.25, 0.3) is 0 Å². The molecule has 2 rings (SSSR count). The number of imidazole rings is 1. The maximum atomic E-state index is 12.7. The van der Waals surface area contributed by atoms with Gasteiger partial charge in [-0.3, -0.25) is 0 Å². The van der Waals surface area contributed by atoms with Crippen LogP contribution in [0.1, 0.15) is 62.0 Å². The Bertz CT molecular complexity index is 712. The van der Waals surface area contributed by atoms with Gasteiger partial charge in [0.25, 0.3) is 0 Å². The maximum absolute atomic E-state index is 12.7. The Balaban J connectivity index is 2.05. The second-order valence-electron chi connectivity index (χ2n) is 6.73. The van der Waals surface area contributed by atoms with Crippen molar-refractivity contribution in [3.8, 4) is 0 Å². The van der Waals surface area contributed by atoms with Crippen molar-refractivity contribution in [2.75, 3.05) is 7.11 Å². The van der Waals surface area contributed by atoms with E-state index >= 15 is 0 Å². The van der Waals surface area contributed by atoms with Gasteiger partial charge in [-0.2, -0.15) is 0 Å². The maximum Gasteiger partial charge on any atom is 0.357 e. The van der Waals surface area contributed by atoms with E-state index in [0.29, 0.717) is 18.5 Å². The minimum atomic E-state index is -1.17. The summed E-state index contributed by atoms with van der Waals surface area (Å²) in [5.74, 6) is -1.02. The molecule has 1 fully saturated rings. The van der Waals surface area contributed by atoms with Crippen LogP contribution in [0.15, 0.2) is 49.5 Å². The van der Waals surface area contributed by atoms with Crippen molar-refractivity contribution < 1.29 is 19.1 Å². The third kappa shape index (κ3) is 5.18. The van der Waals surface area contributed by atoms with Crippen molar-refractivity contribution in [3.63, 3.8) is 0 Å². The normalized spacial score (nSPS) is 17.3. The van der Waals surface area contributed by atoms with Gasteiger partial charge in [0.15, 0.2) is 0 Å². The van der Waals surface area contributed by atoms with Gasteiger partial charge in [-0.15, -0.1) is 6.58 Å². The summed E-state index contributed by atoms with van der Waals surface area (Å²) in [6, 6.07) is 0.0248. The number of nitrogens with zero attached hydrogens (tertiary/aromatic N) is 2. The predicted octanol–water partition coefficient (Wildman–Crippen LogP) is 4.17. The van der Waals surface area contributed by atoms with Crippen LogP contribution in [-0.2, 0) is 14.3 Å². The zero-order chi connectivity index (χ0) is 19.7. The van der Waals surface area contributed by atoms with Crippen molar-refractivity contribution in [1.82, 2.24) is 9.55 Å². The molecule has 6 heteroatoms. The van der Waals surface area contributed by atoms with Gasteiger partial charge in [-0.05, 0) is 45.4 Å². The number of aromatic nitrogens is 2. The van der Waals surface area contributed by atoms with E-state index in [2.05, 4.69) is 11.6 Å². The number of carbonyl (C=O) groups excluding carboxylic acids is 2. The van der Waals surface area contributed by atoms with Crippen molar-refractivity contribution >= 4 is 11.9 Å².